The van der Waals surface area contributed by atoms with E-state index in [1.54, 1.807) is 6.92 Å². The van der Waals surface area contributed by atoms with E-state index in [1.807, 2.05) is 12.1 Å². The molecular weight excluding hydrogens is 327 g/mol. The van der Waals surface area contributed by atoms with Crippen LogP contribution in [0.2, 0.25) is 0 Å². The Morgan fingerprint density at radius 2 is 1.75 bits per heavy atom. The van der Waals surface area contributed by atoms with E-state index < -0.39 is 0 Å². The van der Waals surface area contributed by atoms with Gasteiger partial charge in [-0.25, -0.2) is 0 Å². The van der Waals surface area contributed by atoms with Crippen LogP contribution in [-0.2, 0) is 21.7 Å². The Bertz CT molecular complexity index is 400. The molecule has 20 heavy (non-hydrogen) atoms. The van der Waals surface area contributed by atoms with E-state index in [-0.39, 0.29) is 60.6 Å². The molecule has 112 valence electrons. The molecule has 0 bridgehead atoms. The number of allylic oxidation sites excluding steroid dienone is 4. The van der Waals surface area contributed by atoms with E-state index >= 15 is 0 Å². The Kier molecular flexibility index (Phi) is 21.6. The van der Waals surface area contributed by atoms with Gasteiger partial charge in [0.1, 0.15) is 0 Å². The van der Waals surface area contributed by atoms with Crippen LogP contribution in [0.4, 0.5) is 0 Å². The summed E-state index contributed by atoms with van der Waals surface area (Å²) in [5.41, 5.74) is 5.50. The number of aliphatic hydroxyl groups is 1. The molecule has 0 amide bonds. The van der Waals surface area contributed by atoms with Gasteiger partial charge >= 0.3 is 21.7 Å². The quantitative estimate of drug-likeness (QED) is 0.564. The van der Waals surface area contributed by atoms with Crippen molar-refractivity contribution in [2.24, 2.45) is 0 Å². The maximum Gasteiger partial charge on any atom is 2.00 e. The first kappa shape index (κ1) is 28.2. The van der Waals surface area contributed by atoms with Crippen LogP contribution in [0.15, 0.2) is 41.5 Å². The van der Waals surface area contributed by atoms with Gasteiger partial charge in [-0.15, -0.1) is 66.3 Å². The molecule has 1 aromatic rings. The van der Waals surface area contributed by atoms with Crippen LogP contribution in [-0.4, -0.2) is 11.7 Å². The smallest absolute Gasteiger partial charge is 0.397 e. The Balaban J connectivity index is -0.000000169. The van der Waals surface area contributed by atoms with Gasteiger partial charge in [0, 0.05) is 6.61 Å². The fraction of sp³-hybridized carbons (Fsp3) is 0.312. The number of benzene rings is 1. The topological polar surface area (TPSA) is 20.2 Å². The molecule has 0 saturated carbocycles. The third kappa shape index (κ3) is 8.29. The second-order valence-electron chi connectivity index (χ2n) is 3.79. The second-order valence-corrected chi connectivity index (χ2v) is 3.79. The molecule has 0 unspecified atom stereocenters. The van der Waals surface area contributed by atoms with Gasteiger partial charge in [0.25, 0.3) is 0 Å². The van der Waals surface area contributed by atoms with Crippen molar-refractivity contribution in [3.63, 3.8) is 0 Å². The maximum absolute atomic E-state index is 7.57. The predicted molar refractivity (Wildman–Crippen MR) is 89.9 cm³/mol. The van der Waals surface area contributed by atoms with E-state index in [9.17, 15) is 0 Å². The third-order valence-electron chi connectivity index (χ3n) is 2.69. The van der Waals surface area contributed by atoms with E-state index in [0.29, 0.717) is 0 Å². The molecule has 0 fully saturated rings. The predicted octanol–water partition coefficient (Wildman–Crippen LogP) is 4.90. The van der Waals surface area contributed by atoms with Gasteiger partial charge in [0.15, 0.2) is 0 Å². The number of hydrogen-bond donors (Lipinski definition) is 1. The first-order valence-corrected chi connectivity index (χ1v) is 5.65. The van der Waals surface area contributed by atoms with E-state index in [4.69, 9.17) is 5.11 Å². The normalized spacial score (nSPS) is 11.5. The maximum atomic E-state index is 7.57. The average molecular weight is 351 g/mol. The van der Waals surface area contributed by atoms with Crippen molar-refractivity contribution in [1.82, 2.24) is 0 Å². The first-order chi connectivity index (χ1) is 7.70. The number of rotatable bonds is 1. The van der Waals surface area contributed by atoms with Gasteiger partial charge in [0.05, 0.1) is 0 Å². The van der Waals surface area contributed by atoms with Crippen LogP contribution in [0.3, 0.4) is 0 Å². The largest absolute Gasteiger partial charge is 2.00 e. The van der Waals surface area contributed by atoms with Crippen LogP contribution in [0.1, 0.15) is 32.8 Å². The number of halogens is 2. The Hall–Kier alpha value is -0.0457. The van der Waals surface area contributed by atoms with Gasteiger partial charge < -0.3 is 12.5 Å². The Morgan fingerprint density at radius 3 is 2.10 bits per heavy atom. The molecular formula is C16H24Cl2OTi. The van der Waals surface area contributed by atoms with Crippen molar-refractivity contribution in [1.29, 1.82) is 0 Å². The standard InChI is InChI=1S/C13H13.C2H6O.CH3.2ClH.Ti/c1-10-8-9-13(11(10)2)12-6-4-3-5-7-12;1-2-3;;;;/h3-6,8H,9H2,1-2H3;3H,2H2,1H3;1H3;2*1H;/q-1;;-1;;;+2. The van der Waals surface area contributed by atoms with Crippen molar-refractivity contribution in [2.75, 3.05) is 6.61 Å². The van der Waals surface area contributed by atoms with Crippen molar-refractivity contribution in [3.05, 3.63) is 60.5 Å². The van der Waals surface area contributed by atoms with E-state index in [1.165, 1.54) is 22.3 Å². The summed E-state index contributed by atoms with van der Waals surface area (Å²) in [6.45, 7) is 6.29. The molecule has 0 saturated heterocycles. The molecule has 0 aliphatic heterocycles. The number of hydrogen-bond acceptors (Lipinski definition) is 1. The SMILES string of the molecule is CC1=CCC(c2[c-]cccc2)=C1C.CCO.Cl.Cl.[CH3-].[Ti+2]. The monoisotopic (exact) mass is 350 g/mol. The molecule has 1 aromatic carbocycles. The van der Waals surface area contributed by atoms with Gasteiger partial charge in [-0.2, -0.15) is 0 Å². The molecule has 0 heterocycles. The van der Waals surface area contributed by atoms with Crippen LogP contribution in [0.25, 0.3) is 5.57 Å². The van der Waals surface area contributed by atoms with Crippen LogP contribution < -0.4 is 0 Å². The van der Waals surface area contributed by atoms with Gasteiger partial charge in [-0.05, 0) is 27.2 Å². The van der Waals surface area contributed by atoms with E-state index in [2.05, 4.69) is 38.1 Å². The molecule has 0 atom stereocenters. The van der Waals surface area contributed by atoms with Crippen LogP contribution in [0.5, 0.6) is 0 Å². The summed E-state index contributed by atoms with van der Waals surface area (Å²) in [6.07, 6.45) is 3.35. The van der Waals surface area contributed by atoms with Crippen molar-refractivity contribution in [3.8, 4) is 0 Å². The number of aliphatic hydroxyl groups excluding tert-OH is 1. The summed E-state index contributed by atoms with van der Waals surface area (Å²) in [6, 6.07) is 11.5. The zero-order valence-electron chi connectivity index (χ0n) is 12.6. The van der Waals surface area contributed by atoms with Crippen LogP contribution >= 0.6 is 24.8 Å². The van der Waals surface area contributed by atoms with Crippen molar-refractivity contribution >= 4 is 30.4 Å². The summed E-state index contributed by atoms with van der Waals surface area (Å²) in [7, 11) is 0. The molecule has 1 aliphatic carbocycles. The van der Waals surface area contributed by atoms with Gasteiger partial charge in [0.2, 0.25) is 0 Å². The molecule has 1 N–H and O–H groups in total. The molecule has 0 aromatic heterocycles. The molecule has 1 nitrogen and oxygen atoms in total. The molecule has 4 heteroatoms. The minimum atomic E-state index is 0. The van der Waals surface area contributed by atoms with E-state index in [0.717, 1.165) is 6.42 Å². The fourth-order valence-electron chi connectivity index (χ4n) is 1.69. The summed E-state index contributed by atoms with van der Waals surface area (Å²) < 4.78 is 0. The van der Waals surface area contributed by atoms with Gasteiger partial charge in [-0.1, -0.05) is 17.2 Å². The summed E-state index contributed by atoms with van der Waals surface area (Å²) in [5.74, 6) is 0. The summed E-state index contributed by atoms with van der Waals surface area (Å²) in [5, 5.41) is 7.57. The molecule has 1 aliphatic rings. The molecule has 2 rings (SSSR count). The Morgan fingerprint density at radius 1 is 1.20 bits per heavy atom. The Labute approximate surface area is 151 Å². The summed E-state index contributed by atoms with van der Waals surface area (Å²) in [4.78, 5) is 0. The summed E-state index contributed by atoms with van der Waals surface area (Å²) >= 11 is 0. The zero-order valence-corrected chi connectivity index (χ0v) is 15.8. The fourth-order valence-corrected chi connectivity index (χ4v) is 1.69. The third-order valence-corrected chi connectivity index (χ3v) is 2.69. The van der Waals surface area contributed by atoms with Gasteiger partial charge in [-0.3, -0.25) is 0 Å². The first-order valence-electron chi connectivity index (χ1n) is 5.65. The minimum Gasteiger partial charge on any atom is -0.397 e. The second kappa shape index (κ2) is 15.3. The minimum absolute atomic E-state index is 0. The average Bonchev–Trinajstić information content (AvgIpc) is 2.62. The molecule has 0 spiro atoms. The van der Waals surface area contributed by atoms with Crippen molar-refractivity contribution < 1.29 is 26.8 Å². The zero-order chi connectivity index (χ0) is 12.0. The van der Waals surface area contributed by atoms with Crippen molar-refractivity contribution in [2.45, 2.75) is 27.2 Å². The van der Waals surface area contributed by atoms with Crippen LogP contribution in [0, 0.1) is 13.5 Å². The molecule has 0 radical (unpaired) electrons.